The van der Waals surface area contributed by atoms with Crippen LogP contribution in [0.25, 0.3) is 0 Å². The summed E-state index contributed by atoms with van der Waals surface area (Å²) in [4.78, 5) is 31.3. The number of anilines is 1. The number of alkyl halides is 2. The molecule has 2 amide bonds. The summed E-state index contributed by atoms with van der Waals surface area (Å²) in [7, 11) is 0. The maximum absolute atomic E-state index is 13.3. The molecule has 34 heavy (non-hydrogen) atoms. The van der Waals surface area contributed by atoms with E-state index in [1.165, 1.54) is 11.3 Å². The number of carbonyl (C=O) groups is 2. The van der Waals surface area contributed by atoms with Gasteiger partial charge in [-0.3, -0.25) is 14.6 Å². The van der Waals surface area contributed by atoms with Gasteiger partial charge in [0.25, 0.3) is 11.8 Å². The van der Waals surface area contributed by atoms with Crippen molar-refractivity contribution in [2.24, 2.45) is 5.92 Å². The molecule has 2 saturated carbocycles. The molecular weight excluding hydrogens is 482 g/mol. The number of amides is 2. The normalized spacial score (nSPS) is 21.0. The van der Waals surface area contributed by atoms with Gasteiger partial charge < -0.3 is 16.0 Å². The highest BCUT2D eigenvalue weighted by molar-refractivity contribution is 7.14. The third kappa shape index (κ3) is 6.05. The average Bonchev–Trinajstić information content (AvgIpc) is 3.22. The standard InChI is InChI=1S/C24H29ClF2N4O2S/c1-13-17(10-16(25)12-28-13)29-14(2)19-7-8-20(34-19)23(33)30-18(9-15-5-3-4-6-15)22(32)31-21-11-24(21,26)27/h7-8,10,12,14-15,18,21,29H,3-6,9,11H2,1-2H3,(H,30,33)(H,31,32)/t14-,18+,21?/m1/s1. The number of nitrogens with zero attached hydrogens (tertiary/aromatic N) is 1. The SMILES string of the molecule is Cc1ncc(Cl)cc1N[C@H](C)c1ccc(C(=O)N[C@@H](CC2CCCC2)C(=O)NC2CC2(F)F)s1. The van der Waals surface area contributed by atoms with Gasteiger partial charge in [0.05, 0.1) is 33.4 Å². The van der Waals surface area contributed by atoms with Crippen molar-refractivity contribution in [3.63, 3.8) is 0 Å². The first kappa shape index (κ1) is 24.9. The number of hydrogen-bond donors (Lipinski definition) is 3. The van der Waals surface area contributed by atoms with E-state index in [0.717, 1.165) is 41.9 Å². The molecule has 2 heterocycles. The Morgan fingerprint density at radius 1 is 1.29 bits per heavy atom. The van der Waals surface area contributed by atoms with E-state index in [2.05, 4.69) is 20.9 Å². The first-order chi connectivity index (χ1) is 16.1. The molecule has 0 aromatic carbocycles. The Balaban J connectivity index is 1.40. The van der Waals surface area contributed by atoms with Crippen LogP contribution in [0.4, 0.5) is 14.5 Å². The molecule has 10 heteroatoms. The van der Waals surface area contributed by atoms with E-state index < -0.39 is 23.9 Å². The van der Waals surface area contributed by atoms with Crippen LogP contribution in [0.2, 0.25) is 5.02 Å². The van der Waals surface area contributed by atoms with Gasteiger partial charge in [-0.25, -0.2) is 8.78 Å². The lowest BCUT2D eigenvalue weighted by Crippen LogP contribution is -2.48. The van der Waals surface area contributed by atoms with E-state index in [4.69, 9.17) is 11.6 Å². The van der Waals surface area contributed by atoms with Gasteiger partial charge in [0.1, 0.15) is 6.04 Å². The Hall–Kier alpha value is -2.26. The number of aryl methyl sites for hydroxylation is 1. The molecular formula is C24H29ClF2N4O2S. The van der Waals surface area contributed by atoms with E-state index in [0.29, 0.717) is 22.2 Å². The van der Waals surface area contributed by atoms with Crippen LogP contribution in [0, 0.1) is 12.8 Å². The van der Waals surface area contributed by atoms with Crippen molar-refractivity contribution in [3.8, 4) is 0 Å². The topological polar surface area (TPSA) is 83.1 Å². The summed E-state index contributed by atoms with van der Waals surface area (Å²) in [5.74, 6) is -3.43. The van der Waals surface area contributed by atoms with Crippen LogP contribution in [-0.2, 0) is 4.79 Å². The minimum atomic E-state index is -2.85. The number of aromatic nitrogens is 1. The van der Waals surface area contributed by atoms with Crippen LogP contribution >= 0.6 is 22.9 Å². The molecule has 6 nitrogen and oxygen atoms in total. The van der Waals surface area contributed by atoms with Crippen molar-refractivity contribution in [2.75, 3.05) is 5.32 Å². The summed E-state index contributed by atoms with van der Waals surface area (Å²) in [5, 5.41) is 9.10. The molecule has 2 aromatic rings. The number of carbonyl (C=O) groups excluding carboxylic acids is 2. The zero-order chi connectivity index (χ0) is 24.5. The Kier molecular flexibility index (Phi) is 7.42. The van der Waals surface area contributed by atoms with E-state index in [1.54, 1.807) is 18.3 Å². The first-order valence-corrected chi connectivity index (χ1v) is 12.8. The fourth-order valence-electron chi connectivity index (χ4n) is 4.35. The number of pyridine rings is 1. The molecule has 3 atom stereocenters. The second kappa shape index (κ2) is 10.2. The smallest absolute Gasteiger partial charge is 0.270 e. The largest absolute Gasteiger partial charge is 0.376 e. The van der Waals surface area contributed by atoms with Crippen LogP contribution in [0.15, 0.2) is 24.4 Å². The lowest BCUT2D eigenvalue weighted by Gasteiger charge is -2.21. The lowest BCUT2D eigenvalue weighted by atomic mass is 9.97. The van der Waals surface area contributed by atoms with Crippen molar-refractivity contribution < 1.29 is 18.4 Å². The van der Waals surface area contributed by atoms with Crippen molar-refractivity contribution in [1.82, 2.24) is 15.6 Å². The van der Waals surface area contributed by atoms with Crippen molar-refractivity contribution in [2.45, 2.75) is 76.4 Å². The number of nitrogens with one attached hydrogen (secondary N) is 3. The monoisotopic (exact) mass is 510 g/mol. The summed E-state index contributed by atoms with van der Waals surface area (Å²) in [6.07, 6.45) is 5.87. The summed E-state index contributed by atoms with van der Waals surface area (Å²) in [6, 6.07) is 3.33. The first-order valence-electron chi connectivity index (χ1n) is 11.6. The highest BCUT2D eigenvalue weighted by Gasteiger charge is 2.58. The van der Waals surface area contributed by atoms with Gasteiger partial charge in [0.2, 0.25) is 5.91 Å². The Labute approximate surface area is 206 Å². The van der Waals surface area contributed by atoms with Crippen LogP contribution in [0.1, 0.15) is 71.7 Å². The summed E-state index contributed by atoms with van der Waals surface area (Å²) < 4.78 is 26.6. The van der Waals surface area contributed by atoms with E-state index in [-0.39, 0.29) is 18.4 Å². The minimum absolute atomic E-state index is 0.0970. The number of hydrogen-bond acceptors (Lipinski definition) is 5. The van der Waals surface area contributed by atoms with Crippen molar-refractivity contribution in [1.29, 1.82) is 0 Å². The second-order valence-corrected chi connectivity index (χ2v) is 10.8. The van der Waals surface area contributed by atoms with Crippen molar-refractivity contribution >= 4 is 40.4 Å². The molecule has 0 saturated heterocycles. The predicted molar refractivity (Wildman–Crippen MR) is 130 cm³/mol. The molecule has 184 valence electrons. The summed E-state index contributed by atoms with van der Waals surface area (Å²) in [5.41, 5.74) is 1.62. The Bertz CT molecular complexity index is 1060. The van der Waals surface area contributed by atoms with Gasteiger partial charge in [-0.05, 0) is 44.4 Å². The van der Waals surface area contributed by atoms with Crippen LogP contribution < -0.4 is 16.0 Å². The quantitative estimate of drug-likeness (QED) is 0.417. The molecule has 0 radical (unpaired) electrons. The van der Waals surface area contributed by atoms with Crippen LogP contribution in [-0.4, -0.2) is 34.8 Å². The fourth-order valence-corrected chi connectivity index (χ4v) is 5.42. The molecule has 3 N–H and O–H groups in total. The zero-order valence-corrected chi connectivity index (χ0v) is 20.7. The maximum atomic E-state index is 13.3. The van der Waals surface area contributed by atoms with Gasteiger partial charge in [0, 0.05) is 17.5 Å². The third-order valence-electron chi connectivity index (χ3n) is 6.51. The Morgan fingerprint density at radius 3 is 2.68 bits per heavy atom. The number of halogens is 3. The Morgan fingerprint density at radius 2 is 2.00 bits per heavy atom. The molecule has 2 aliphatic rings. The summed E-state index contributed by atoms with van der Waals surface area (Å²) in [6.45, 7) is 3.85. The molecule has 0 bridgehead atoms. The third-order valence-corrected chi connectivity index (χ3v) is 7.98. The van der Waals surface area contributed by atoms with E-state index in [1.807, 2.05) is 19.9 Å². The molecule has 2 fully saturated rings. The molecule has 2 aliphatic carbocycles. The lowest BCUT2D eigenvalue weighted by molar-refractivity contribution is -0.124. The highest BCUT2D eigenvalue weighted by Crippen LogP contribution is 2.41. The predicted octanol–water partition coefficient (Wildman–Crippen LogP) is 5.48. The van der Waals surface area contributed by atoms with E-state index in [9.17, 15) is 18.4 Å². The average molecular weight is 511 g/mol. The zero-order valence-electron chi connectivity index (χ0n) is 19.2. The van der Waals surface area contributed by atoms with Crippen molar-refractivity contribution in [3.05, 3.63) is 44.9 Å². The second-order valence-electron chi connectivity index (χ2n) is 9.29. The van der Waals surface area contributed by atoms with Crippen LogP contribution in [0.3, 0.4) is 0 Å². The van der Waals surface area contributed by atoms with Gasteiger partial charge in [-0.1, -0.05) is 37.3 Å². The summed E-state index contributed by atoms with van der Waals surface area (Å²) >= 11 is 7.37. The van der Waals surface area contributed by atoms with Gasteiger partial charge >= 0.3 is 0 Å². The van der Waals surface area contributed by atoms with Gasteiger partial charge in [-0.15, -0.1) is 11.3 Å². The molecule has 0 spiro atoms. The maximum Gasteiger partial charge on any atom is 0.270 e. The van der Waals surface area contributed by atoms with Crippen LogP contribution in [0.5, 0.6) is 0 Å². The van der Waals surface area contributed by atoms with E-state index >= 15 is 0 Å². The molecule has 0 aliphatic heterocycles. The van der Waals surface area contributed by atoms with Gasteiger partial charge in [0.15, 0.2) is 0 Å². The van der Waals surface area contributed by atoms with Gasteiger partial charge in [-0.2, -0.15) is 0 Å². The number of rotatable bonds is 9. The molecule has 1 unspecified atom stereocenters. The molecule has 4 rings (SSSR count). The number of thiophene rings is 1. The molecule has 2 aromatic heterocycles. The minimum Gasteiger partial charge on any atom is -0.376 e. The fraction of sp³-hybridized carbons (Fsp3) is 0.542. The highest BCUT2D eigenvalue weighted by atomic mass is 35.5.